The number of hydrogen-bond acceptors (Lipinski definition) is 3. The van der Waals surface area contributed by atoms with Gasteiger partial charge in [-0.2, -0.15) is 0 Å². The Labute approximate surface area is 207 Å². The molecule has 172 valence electrons. The Bertz CT molecular complexity index is 1270. The molecule has 0 aromatic heterocycles. The molecule has 2 aliphatic rings. The van der Waals surface area contributed by atoms with Crippen molar-refractivity contribution in [2.75, 3.05) is 10.2 Å². The smallest absolute Gasteiger partial charge is 0.313 e. The van der Waals surface area contributed by atoms with Crippen LogP contribution in [0.3, 0.4) is 0 Å². The Morgan fingerprint density at radius 1 is 0.824 bits per heavy atom. The molecule has 4 amide bonds. The molecule has 8 heteroatoms. The quantitative estimate of drug-likeness (QED) is 0.470. The van der Waals surface area contributed by atoms with Crippen LogP contribution in [0.1, 0.15) is 18.5 Å². The molecule has 0 bridgehead atoms. The number of carbonyl (C=O) groups is 3. The van der Waals surface area contributed by atoms with Crippen molar-refractivity contribution in [3.63, 3.8) is 0 Å². The Balaban J connectivity index is 1.56. The van der Waals surface area contributed by atoms with E-state index in [4.69, 9.17) is 23.2 Å². The van der Waals surface area contributed by atoms with Crippen molar-refractivity contribution < 1.29 is 14.4 Å². The normalized spacial score (nSPS) is 23.9. The minimum absolute atomic E-state index is 0.312. The van der Waals surface area contributed by atoms with Gasteiger partial charge in [0.1, 0.15) is 0 Å². The molecular weight excluding hydrogens is 473 g/mol. The number of carbonyl (C=O) groups excluding carboxylic acids is 3. The Kier molecular flexibility index (Phi) is 5.80. The predicted molar refractivity (Wildman–Crippen MR) is 132 cm³/mol. The SMILES string of the molecule is CC1C2C(=O)N(c3ccccc3)C(=O)C2C(c2ccccc2Cl)N1C(=O)Nc1ccc(Cl)cc1. The molecule has 0 radical (unpaired) electrons. The lowest BCUT2D eigenvalue weighted by molar-refractivity contribution is -0.123. The molecule has 5 rings (SSSR count). The van der Waals surface area contributed by atoms with E-state index >= 15 is 0 Å². The molecule has 4 unspecified atom stereocenters. The maximum Gasteiger partial charge on any atom is 0.322 e. The van der Waals surface area contributed by atoms with Crippen LogP contribution in [-0.4, -0.2) is 28.8 Å². The van der Waals surface area contributed by atoms with E-state index in [1.54, 1.807) is 78.6 Å². The molecule has 3 aromatic rings. The van der Waals surface area contributed by atoms with E-state index in [2.05, 4.69) is 5.32 Å². The second-order valence-corrected chi connectivity index (χ2v) is 9.29. The highest BCUT2D eigenvalue weighted by Crippen LogP contribution is 2.51. The molecule has 1 N–H and O–H groups in total. The van der Waals surface area contributed by atoms with Gasteiger partial charge in [-0.1, -0.05) is 59.6 Å². The van der Waals surface area contributed by atoms with Crippen molar-refractivity contribution in [2.24, 2.45) is 11.8 Å². The van der Waals surface area contributed by atoms with Crippen molar-refractivity contribution in [1.29, 1.82) is 0 Å². The lowest BCUT2D eigenvalue weighted by Crippen LogP contribution is -2.45. The topological polar surface area (TPSA) is 69.7 Å². The number of likely N-dealkylation sites (tertiary alicyclic amines) is 1. The molecule has 3 aromatic carbocycles. The van der Waals surface area contributed by atoms with Gasteiger partial charge in [0.05, 0.1) is 23.6 Å². The van der Waals surface area contributed by atoms with Crippen molar-refractivity contribution >= 4 is 52.4 Å². The summed E-state index contributed by atoms with van der Waals surface area (Å²) in [6, 6.07) is 21.1. The minimum atomic E-state index is -0.751. The number of halogens is 2. The van der Waals surface area contributed by atoms with Gasteiger partial charge in [0, 0.05) is 21.8 Å². The first-order valence-electron chi connectivity index (χ1n) is 10.9. The van der Waals surface area contributed by atoms with E-state index < -0.39 is 30.0 Å². The third-order valence-electron chi connectivity index (χ3n) is 6.56. The summed E-state index contributed by atoms with van der Waals surface area (Å²) in [5.41, 5.74) is 1.71. The standard InChI is InChI=1S/C26H21Cl2N3O3/c1-15-21-22(25(33)31(24(21)32)18-7-3-2-4-8-18)23(19-9-5-6-10-20(19)28)30(15)26(34)29-17-13-11-16(27)12-14-17/h2-15,21-23H,1H3,(H,29,34). The first kappa shape index (κ1) is 22.4. The molecule has 0 spiro atoms. The second kappa shape index (κ2) is 8.78. The van der Waals surface area contributed by atoms with Crippen LogP contribution in [-0.2, 0) is 9.59 Å². The fourth-order valence-electron chi connectivity index (χ4n) is 5.07. The summed E-state index contributed by atoms with van der Waals surface area (Å²) in [5.74, 6) is -2.09. The molecular formula is C26H21Cl2N3O3. The monoisotopic (exact) mass is 493 g/mol. The van der Waals surface area contributed by atoms with Crippen LogP contribution in [0.5, 0.6) is 0 Å². The number of fused-ring (bicyclic) bond motifs is 1. The number of nitrogens with zero attached hydrogens (tertiary/aromatic N) is 2. The molecule has 4 atom stereocenters. The van der Waals surface area contributed by atoms with Crippen LogP contribution in [0.2, 0.25) is 10.0 Å². The number of anilines is 2. The zero-order chi connectivity index (χ0) is 24.0. The number of hydrogen-bond donors (Lipinski definition) is 1. The number of rotatable bonds is 3. The Morgan fingerprint density at radius 3 is 2.12 bits per heavy atom. The minimum Gasteiger partial charge on any atom is -0.313 e. The first-order chi connectivity index (χ1) is 16.4. The number of nitrogens with one attached hydrogen (secondary N) is 1. The van der Waals surface area contributed by atoms with Gasteiger partial charge in [-0.25, -0.2) is 9.69 Å². The van der Waals surface area contributed by atoms with E-state index in [1.165, 1.54) is 4.90 Å². The van der Waals surface area contributed by atoms with Crippen molar-refractivity contribution in [3.8, 4) is 0 Å². The van der Waals surface area contributed by atoms with E-state index in [-0.39, 0.29) is 11.8 Å². The number of benzene rings is 3. The highest BCUT2D eigenvalue weighted by Gasteiger charge is 2.62. The lowest BCUT2D eigenvalue weighted by atomic mass is 9.87. The molecule has 6 nitrogen and oxygen atoms in total. The van der Waals surface area contributed by atoms with Gasteiger partial charge < -0.3 is 10.2 Å². The number of urea groups is 1. The van der Waals surface area contributed by atoms with Crippen LogP contribution in [0.4, 0.5) is 16.2 Å². The lowest BCUT2D eigenvalue weighted by Gasteiger charge is -2.32. The van der Waals surface area contributed by atoms with E-state index in [0.29, 0.717) is 27.0 Å². The maximum absolute atomic E-state index is 13.7. The summed E-state index contributed by atoms with van der Waals surface area (Å²) in [5, 5.41) is 3.85. The van der Waals surface area contributed by atoms with Gasteiger partial charge in [-0.3, -0.25) is 9.59 Å². The van der Waals surface area contributed by atoms with E-state index in [9.17, 15) is 14.4 Å². The average Bonchev–Trinajstić information content (AvgIpc) is 3.28. The summed E-state index contributed by atoms with van der Waals surface area (Å²) in [4.78, 5) is 43.5. The van der Waals surface area contributed by atoms with Crippen LogP contribution in [0.25, 0.3) is 0 Å². The Morgan fingerprint density at radius 2 is 1.44 bits per heavy atom. The zero-order valence-electron chi connectivity index (χ0n) is 18.2. The van der Waals surface area contributed by atoms with Crippen molar-refractivity contribution in [2.45, 2.75) is 19.0 Å². The number of para-hydroxylation sites is 1. The molecule has 0 saturated carbocycles. The fraction of sp³-hybridized carbons (Fsp3) is 0.192. The Hall–Kier alpha value is -3.35. The second-order valence-electron chi connectivity index (χ2n) is 8.45. The molecule has 0 aliphatic carbocycles. The van der Waals surface area contributed by atoms with Crippen molar-refractivity contribution in [1.82, 2.24) is 4.90 Å². The first-order valence-corrected chi connectivity index (χ1v) is 11.7. The highest BCUT2D eigenvalue weighted by atomic mass is 35.5. The molecule has 2 saturated heterocycles. The van der Waals surface area contributed by atoms with Crippen molar-refractivity contribution in [3.05, 3.63) is 94.5 Å². The summed E-state index contributed by atoms with van der Waals surface area (Å²) >= 11 is 12.5. The molecule has 2 fully saturated rings. The predicted octanol–water partition coefficient (Wildman–Crippen LogP) is 5.78. The summed E-state index contributed by atoms with van der Waals surface area (Å²) in [6.07, 6.45) is 0. The fourth-order valence-corrected chi connectivity index (χ4v) is 5.45. The maximum atomic E-state index is 13.7. The summed E-state index contributed by atoms with van der Waals surface area (Å²) < 4.78 is 0. The highest BCUT2D eigenvalue weighted by molar-refractivity contribution is 6.31. The van der Waals surface area contributed by atoms with Gasteiger partial charge in [-0.05, 0) is 55.0 Å². The van der Waals surface area contributed by atoms with Gasteiger partial charge >= 0.3 is 6.03 Å². The largest absolute Gasteiger partial charge is 0.322 e. The number of imide groups is 1. The average molecular weight is 494 g/mol. The van der Waals surface area contributed by atoms with Gasteiger partial charge in [0.2, 0.25) is 11.8 Å². The summed E-state index contributed by atoms with van der Waals surface area (Å²) in [7, 11) is 0. The van der Waals surface area contributed by atoms with Crippen LogP contribution >= 0.6 is 23.2 Å². The van der Waals surface area contributed by atoms with E-state index in [0.717, 1.165) is 0 Å². The van der Waals surface area contributed by atoms with Gasteiger partial charge in [0.25, 0.3) is 0 Å². The van der Waals surface area contributed by atoms with Gasteiger partial charge in [0.15, 0.2) is 0 Å². The molecule has 2 aliphatic heterocycles. The van der Waals surface area contributed by atoms with E-state index in [1.807, 2.05) is 12.1 Å². The van der Waals surface area contributed by atoms with Crippen LogP contribution < -0.4 is 10.2 Å². The van der Waals surface area contributed by atoms with Crippen LogP contribution in [0.15, 0.2) is 78.9 Å². The zero-order valence-corrected chi connectivity index (χ0v) is 19.7. The molecule has 34 heavy (non-hydrogen) atoms. The molecule has 2 heterocycles. The third-order valence-corrected chi connectivity index (χ3v) is 7.16. The number of amides is 4. The van der Waals surface area contributed by atoms with Crippen LogP contribution in [0, 0.1) is 11.8 Å². The third kappa shape index (κ3) is 3.63. The summed E-state index contributed by atoms with van der Waals surface area (Å²) in [6.45, 7) is 1.80. The van der Waals surface area contributed by atoms with Gasteiger partial charge in [-0.15, -0.1) is 0 Å².